The number of aromatic nitrogens is 1. The van der Waals surface area contributed by atoms with Crippen LogP contribution < -0.4 is 15.2 Å². The van der Waals surface area contributed by atoms with E-state index >= 15 is 0 Å². The number of aryl methyl sites for hydroxylation is 2. The molecule has 0 N–H and O–H groups in total. The van der Waals surface area contributed by atoms with Crippen molar-refractivity contribution in [3.05, 3.63) is 65.9 Å². The molecule has 3 aliphatic rings. The summed E-state index contributed by atoms with van der Waals surface area (Å²) in [6, 6.07) is 19.0. The number of fused-ring (bicyclic) bond motifs is 5. The molecule has 2 heteroatoms. The molecule has 2 bridgehead atoms. The van der Waals surface area contributed by atoms with E-state index in [1.807, 2.05) is 0 Å². The molecule has 2 fully saturated rings. The van der Waals surface area contributed by atoms with Crippen molar-refractivity contribution < 1.29 is 4.57 Å². The third-order valence-electron chi connectivity index (χ3n) is 8.65. The Bertz CT molecular complexity index is 1400. The van der Waals surface area contributed by atoms with E-state index in [1.165, 1.54) is 64.0 Å². The van der Waals surface area contributed by atoms with Crippen LogP contribution in [0.3, 0.4) is 0 Å². The highest BCUT2D eigenvalue weighted by molar-refractivity contribution is 7.73. The Morgan fingerprint density at radius 3 is 2.61 bits per heavy atom. The van der Waals surface area contributed by atoms with E-state index < -0.39 is 0 Å². The third kappa shape index (κ3) is 2.45. The van der Waals surface area contributed by atoms with Crippen LogP contribution in [0.1, 0.15) is 42.7 Å². The topological polar surface area (TPSA) is 3.88 Å². The fourth-order valence-electron chi connectivity index (χ4n) is 7.14. The van der Waals surface area contributed by atoms with Gasteiger partial charge in [0.1, 0.15) is 7.05 Å². The largest absolute Gasteiger partial charge is 0.221 e. The zero-order valence-corrected chi connectivity index (χ0v) is 19.5. The summed E-state index contributed by atoms with van der Waals surface area (Å²) >= 11 is 0. The Hall–Kier alpha value is -2.24. The van der Waals surface area contributed by atoms with E-state index in [-0.39, 0.29) is 7.92 Å². The van der Waals surface area contributed by atoms with Gasteiger partial charge in [0.25, 0.3) is 0 Å². The van der Waals surface area contributed by atoms with Gasteiger partial charge in [-0.05, 0) is 109 Å². The first-order chi connectivity index (χ1) is 15.1. The highest BCUT2D eigenvalue weighted by Crippen LogP contribution is 2.54. The van der Waals surface area contributed by atoms with Crippen LogP contribution in [0.25, 0.3) is 32.8 Å². The summed E-state index contributed by atoms with van der Waals surface area (Å²) in [5, 5.41) is 8.91. The lowest BCUT2D eigenvalue weighted by atomic mass is 9.82. The maximum absolute atomic E-state index is 2.64. The molecule has 1 aliphatic heterocycles. The van der Waals surface area contributed by atoms with Crippen LogP contribution in [0.4, 0.5) is 0 Å². The summed E-state index contributed by atoms with van der Waals surface area (Å²) in [5.41, 5.74) is 5.98. The minimum absolute atomic E-state index is 0.366. The van der Waals surface area contributed by atoms with Crippen molar-refractivity contribution in [3.8, 4) is 11.3 Å². The summed E-state index contributed by atoms with van der Waals surface area (Å²) in [6.45, 7) is 4.83. The van der Waals surface area contributed by atoms with Gasteiger partial charge in [0.05, 0.1) is 10.9 Å². The van der Waals surface area contributed by atoms with Crippen molar-refractivity contribution >= 4 is 40.1 Å². The molecule has 4 atom stereocenters. The molecule has 1 aromatic heterocycles. The summed E-state index contributed by atoms with van der Waals surface area (Å²) < 4.78 is 2.37. The van der Waals surface area contributed by atoms with E-state index in [4.69, 9.17) is 0 Å². The van der Waals surface area contributed by atoms with Gasteiger partial charge in [-0.1, -0.05) is 36.8 Å². The standard InChI is InChI=1S/C29H29NP/c1-17-23-7-5-4-6-19(23)15-25-27(17)29-28-21(10-11-30(29)2)14-22(16-26(28)31(25)3)24-13-18-8-9-20(24)12-18/h4-7,10-11,14-16,18,20,24H,8-9,12-13H2,1-3H3/q+1. The first-order valence-corrected chi connectivity index (χ1v) is 13.6. The molecule has 4 unspecified atom stereocenters. The van der Waals surface area contributed by atoms with Crippen LogP contribution in [-0.4, -0.2) is 6.66 Å². The third-order valence-corrected chi connectivity index (χ3v) is 10.8. The predicted molar refractivity (Wildman–Crippen MR) is 133 cm³/mol. The van der Waals surface area contributed by atoms with E-state index in [1.54, 1.807) is 16.2 Å². The van der Waals surface area contributed by atoms with E-state index in [9.17, 15) is 0 Å². The summed E-state index contributed by atoms with van der Waals surface area (Å²) in [4.78, 5) is 0. The lowest BCUT2D eigenvalue weighted by Crippen LogP contribution is -2.36. The predicted octanol–water partition coefficient (Wildman–Crippen LogP) is 6.07. The van der Waals surface area contributed by atoms with Gasteiger partial charge in [-0.3, -0.25) is 0 Å². The number of hydrogen-bond donors (Lipinski definition) is 0. The minimum Gasteiger partial charge on any atom is -0.200 e. The molecule has 0 spiro atoms. The van der Waals surface area contributed by atoms with Gasteiger partial charge in [0.15, 0.2) is 6.20 Å². The van der Waals surface area contributed by atoms with Crippen LogP contribution in [0.5, 0.6) is 0 Å². The first-order valence-electron chi connectivity index (χ1n) is 11.8. The normalized spacial score (nSPS) is 26.0. The Balaban J connectivity index is 1.54. The fourth-order valence-corrected chi connectivity index (χ4v) is 9.25. The molecule has 0 saturated heterocycles. The molecule has 2 aliphatic carbocycles. The molecule has 0 amide bonds. The lowest BCUT2D eigenvalue weighted by molar-refractivity contribution is -0.659. The smallest absolute Gasteiger partial charge is 0.200 e. The molecule has 154 valence electrons. The zero-order valence-electron chi connectivity index (χ0n) is 18.7. The molecule has 3 aromatic carbocycles. The number of pyridine rings is 1. The van der Waals surface area contributed by atoms with Crippen molar-refractivity contribution in [2.45, 2.75) is 38.5 Å². The van der Waals surface area contributed by atoms with Crippen molar-refractivity contribution in [1.82, 2.24) is 0 Å². The Kier molecular flexibility index (Phi) is 3.78. The second-order valence-corrected chi connectivity index (χ2v) is 12.3. The SMILES string of the molecule is Cc1c2c(cc3ccccc13)P(C)c1cc(C3CC4CCC3C4)cc3cc[n+](C)c-2c13. The molecular weight excluding hydrogens is 393 g/mol. The van der Waals surface area contributed by atoms with Crippen LogP contribution >= 0.6 is 7.92 Å². The molecule has 2 saturated carbocycles. The Labute approximate surface area is 185 Å². The van der Waals surface area contributed by atoms with Gasteiger partial charge in [-0.25, -0.2) is 4.57 Å². The molecule has 31 heavy (non-hydrogen) atoms. The summed E-state index contributed by atoms with van der Waals surface area (Å²) in [6.07, 6.45) is 8.11. The number of nitrogens with zero attached hydrogens (tertiary/aromatic N) is 1. The van der Waals surface area contributed by atoms with E-state index in [0.29, 0.717) is 0 Å². The molecule has 0 radical (unpaired) electrons. The second kappa shape index (κ2) is 6.39. The van der Waals surface area contributed by atoms with Gasteiger partial charge in [0.2, 0.25) is 5.69 Å². The van der Waals surface area contributed by atoms with E-state index in [2.05, 4.69) is 79.9 Å². The van der Waals surface area contributed by atoms with Gasteiger partial charge in [-0.15, -0.1) is 0 Å². The van der Waals surface area contributed by atoms with Crippen molar-refractivity contribution in [1.29, 1.82) is 0 Å². The highest BCUT2D eigenvalue weighted by atomic mass is 31.1. The van der Waals surface area contributed by atoms with Gasteiger partial charge >= 0.3 is 0 Å². The van der Waals surface area contributed by atoms with Gasteiger partial charge < -0.3 is 0 Å². The molecule has 4 aromatic rings. The Morgan fingerprint density at radius 2 is 1.81 bits per heavy atom. The molecular formula is C29H29NP+. The van der Waals surface area contributed by atoms with Crippen LogP contribution in [0.15, 0.2) is 54.7 Å². The highest BCUT2D eigenvalue weighted by Gasteiger charge is 2.41. The fraction of sp³-hybridized carbons (Fsp3) is 0.345. The van der Waals surface area contributed by atoms with Crippen molar-refractivity contribution in [3.63, 3.8) is 0 Å². The van der Waals surface area contributed by atoms with Crippen molar-refractivity contribution in [2.24, 2.45) is 18.9 Å². The average molecular weight is 423 g/mol. The average Bonchev–Trinajstić information content (AvgIpc) is 3.42. The van der Waals surface area contributed by atoms with Gasteiger partial charge in [-0.2, -0.15) is 0 Å². The Morgan fingerprint density at radius 1 is 0.935 bits per heavy atom. The first kappa shape index (κ1) is 18.3. The number of hydrogen-bond acceptors (Lipinski definition) is 0. The summed E-state index contributed by atoms with van der Waals surface area (Å²) in [5.74, 6) is 2.71. The van der Waals surface area contributed by atoms with Gasteiger partial charge in [0, 0.05) is 6.07 Å². The summed E-state index contributed by atoms with van der Waals surface area (Å²) in [7, 11) is 1.86. The van der Waals surface area contributed by atoms with Crippen LogP contribution in [0.2, 0.25) is 0 Å². The molecule has 7 rings (SSSR count). The van der Waals surface area contributed by atoms with E-state index in [0.717, 1.165) is 17.8 Å². The second-order valence-electron chi connectivity index (χ2n) is 10.2. The monoisotopic (exact) mass is 422 g/mol. The zero-order chi connectivity index (χ0) is 20.9. The quantitative estimate of drug-likeness (QED) is 0.259. The van der Waals surface area contributed by atoms with Crippen LogP contribution in [-0.2, 0) is 7.05 Å². The molecule has 2 heterocycles. The molecule has 1 nitrogen and oxygen atoms in total. The maximum Gasteiger partial charge on any atom is 0.221 e. The number of rotatable bonds is 1. The number of benzene rings is 3. The maximum atomic E-state index is 2.64. The minimum atomic E-state index is -0.366. The lowest BCUT2D eigenvalue weighted by Gasteiger charge is -2.29. The van der Waals surface area contributed by atoms with Crippen molar-refractivity contribution in [2.75, 3.05) is 6.66 Å². The van der Waals surface area contributed by atoms with Crippen LogP contribution in [0, 0.1) is 18.8 Å².